The van der Waals surface area contributed by atoms with Gasteiger partial charge in [0.05, 0.1) is 11.6 Å². The van der Waals surface area contributed by atoms with E-state index in [9.17, 15) is 10.1 Å². The lowest BCUT2D eigenvalue weighted by atomic mass is 9.99. The van der Waals surface area contributed by atoms with Crippen molar-refractivity contribution in [3.8, 4) is 6.07 Å². The average Bonchev–Trinajstić information content (AvgIpc) is 2.93. The molecule has 0 saturated heterocycles. The van der Waals surface area contributed by atoms with Crippen molar-refractivity contribution in [3.05, 3.63) is 69.3 Å². The van der Waals surface area contributed by atoms with Crippen LogP contribution < -0.4 is 0 Å². The van der Waals surface area contributed by atoms with E-state index in [2.05, 4.69) is 27.0 Å². The minimum atomic E-state index is -0.0837. The van der Waals surface area contributed by atoms with E-state index in [1.807, 2.05) is 25.1 Å². The van der Waals surface area contributed by atoms with Crippen molar-refractivity contribution in [2.75, 3.05) is 0 Å². The molecule has 102 valence electrons. The van der Waals surface area contributed by atoms with Gasteiger partial charge in [0.25, 0.3) is 0 Å². The van der Waals surface area contributed by atoms with Gasteiger partial charge in [-0.15, -0.1) is 0 Å². The van der Waals surface area contributed by atoms with Gasteiger partial charge in [-0.2, -0.15) is 5.26 Å². The molecule has 3 aromatic rings. The summed E-state index contributed by atoms with van der Waals surface area (Å²) in [5.74, 6) is -0.0837. The van der Waals surface area contributed by atoms with Gasteiger partial charge in [-0.3, -0.25) is 4.79 Å². The lowest BCUT2D eigenvalue weighted by Gasteiger charge is -2.04. The number of benzene rings is 2. The van der Waals surface area contributed by atoms with Crippen LogP contribution in [-0.2, 0) is 0 Å². The first-order chi connectivity index (χ1) is 10.1. The Kier molecular flexibility index (Phi) is 3.36. The fourth-order valence-electron chi connectivity index (χ4n) is 2.40. The number of aromatic nitrogens is 1. The molecule has 0 bridgehead atoms. The Morgan fingerprint density at radius 2 is 2.10 bits per heavy atom. The van der Waals surface area contributed by atoms with E-state index in [1.54, 1.807) is 24.4 Å². The topological polar surface area (TPSA) is 56.6 Å². The molecule has 1 aromatic heterocycles. The second kappa shape index (κ2) is 5.19. The normalized spacial score (nSPS) is 10.5. The Morgan fingerprint density at radius 1 is 1.29 bits per heavy atom. The van der Waals surface area contributed by atoms with E-state index in [0.29, 0.717) is 22.1 Å². The van der Waals surface area contributed by atoms with E-state index < -0.39 is 0 Å². The predicted octanol–water partition coefficient (Wildman–Crippen LogP) is 4.34. The van der Waals surface area contributed by atoms with Gasteiger partial charge in [-0.25, -0.2) is 0 Å². The first-order valence-electron chi connectivity index (χ1n) is 6.43. The maximum atomic E-state index is 12.7. The van der Waals surface area contributed by atoms with Crippen LogP contribution in [0.25, 0.3) is 10.9 Å². The molecule has 0 atom stereocenters. The zero-order valence-corrected chi connectivity index (χ0v) is 12.9. The minimum Gasteiger partial charge on any atom is -0.360 e. The summed E-state index contributed by atoms with van der Waals surface area (Å²) in [4.78, 5) is 15.8. The van der Waals surface area contributed by atoms with Crippen LogP contribution in [0, 0.1) is 18.3 Å². The van der Waals surface area contributed by atoms with Crippen molar-refractivity contribution in [2.24, 2.45) is 0 Å². The van der Waals surface area contributed by atoms with Crippen LogP contribution in [0.2, 0.25) is 0 Å². The molecule has 4 heteroatoms. The lowest BCUT2D eigenvalue weighted by Crippen LogP contribution is -2.01. The van der Waals surface area contributed by atoms with Crippen LogP contribution in [0.1, 0.15) is 27.0 Å². The number of nitrogens with one attached hydrogen (secondary N) is 1. The second-order valence-corrected chi connectivity index (χ2v) is 5.69. The number of carbonyl (C=O) groups excluding carboxylic acids is 1. The molecule has 0 saturated carbocycles. The number of nitrogens with zero attached hydrogens (tertiary/aromatic N) is 1. The third kappa shape index (κ3) is 2.26. The number of nitriles is 1. The second-order valence-electron chi connectivity index (χ2n) is 4.84. The molecule has 1 N–H and O–H groups in total. The number of hydrogen-bond donors (Lipinski definition) is 1. The van der Waals surface area contributed by atoms with E-state index >= 15 is 0 Å². The average molecular weight is 339 g/mol. The summed E-state index contributed by atoms with van der Waals surface area (Å²) in [6.45, 7) is 1.94. The van der Waals surface area contributed by atoms with Gasteiger partial charge in [0.2, 0.25) is 0 Å². The quantitative estimate of drug-likeness (QED) is 0.706. The summed E-state index contributed by atoms with van der Waals surface area (Å²) >= 11 is 3.43. The van der Waals surface area contributed by atoms with Crippen LogP contribution in [0.15, 0.2) is 47.1 Å². The molecule has 1 heterocycles. The van der Waals surface area contributed by atoms with Gasteiger partial charge in [-0.05, 0) is 42.8 Å². The highest BCUT2D eigenvalue weighted by molar-refractivity contribution is 9.10. The highest BCUT2D eigenvalue weighted by Crippen LogP contribution is 2.26. The Bertz CT molecular complexity index is 903. The molecule has 0 fully saturated rings. The molecule has 2 aromatic carbocycles. The number of fused-ring (bicyclic) bond motifs is 1. The number of carbonyl (C=O) groups is 1. The molecule has 0 aliphatic heterocycles. The molecule has 0 unspecified atom stereocenters. The third-order valence-corrected chi connectivity index (χ3v) is 4.38. The number of rotatable bonds is 2. The molecular weight excluding hydrogens is 328 g/mol. The fourth-order valence-corrected chi connectivity index (χ4v) is 2.65. The zero-order chi connectivity index (χ0) is 15.0. The maximum Gasteiger partial charge on any atom is 0.195 e. The van der Waals surface area contributed by atoms with Gasteiger partial charge in [-0.1, -0.05) is 22.0 Å². The van der Waals surface area contributed by atoms with Crippen molar-refractivity contribution in [2.45, 2.75) is 6.92 Å². The summed E-state index contributed by atoms with van der Waals surface area (Å²) in [6, 6.07) is 13.0. The van der Waals surface area contributed by atoms with Crippen LogP contribution in [0.4, 0.5) is 0 Å². The van der Waals surface area contributed by atoms with Crippen molar-refractivity contribution < 1.29 is 4.79 Å². The number of hydrogen-bond acceptors (Lipinski definition) is 2. The summed E-state index contributed by atoms with van der Waals surface area (Å²) in [7, 11) is 0. The smallest absolute Gasteiger partial charge is 0.195 e. The van der Waals surface area contributed by atoms with Crippen LogP contribution in [-0.4, -0.2) is 10.8 Å². The number of aryl methyl sites for hydroxylation is 1. The Labute approximate surface area is 130 Å². The first kappa shape index (κ1) is 13.6. The molecular formula is C17H11BrN2O. The van der Waals surface area contributed by atoms with Crippen LogP contribution in [0.5, 0.6) is 0 Å². The summed E-state index contributed by atoms with van der Waals surface area (Å²) in [5, 5.41) is 9.92. The van der Waals surface area contributed by atoms with Gasteiger partial charge in [0, 0.05) is 32.7 Å². The van der Waals surface area contributed by atoms with Gasteiger partial charge >= 0.3 is 0 Å². The molecule has 0 spiro atoms. The highest BCUT2D eigenvalue weighted by atomic mass is 79.9. The Morgan fingerprint density at radius 3 is 2.81 bits per heavy atom. The highest BCUT2D eigenvalue weighted by Gasteiger charge is 2.17. The van der Waals surface area contributed by atoms with Crippen molar-refractivity contribution >= 4 is 32.6 Å². The summed E-state index contributed by atoms with van der Waals surface area (Å²) in [5.41, 5.74) is 3.45. The molecule has 3 rings (SSSR count). The molecule has 21 heavy (non-hydrogen) atoms. The van der Waals surface area contributed by atoms with E-state index in [-0.39, 0.29) is 5.78 Å². The Balaban J connectivity index is 2.18. The largest absolute Gasteiger partial charge is 0.360 e. The fraction of sp³-hybridized carbons (Fsp3) is 0.0588. The number of halogens is 1. The predicted molar refractivity (Wildman–Crippen MR) is 85.3 cm³/mol. The molecule has 0 amide bonds. The summed E-state index contributed by atoms with van der Waals surface area (Å²) in [6.07, 6.45) is 1.67. The SMILES string of the molecule is Cc1cc(C(=O)c2c[nH]c3cccc(C#N)c23)ccc1Br. The Hall–Kier alpha value is -2.38. The first-order valence-corrected chi connectivity index (χ1v) is 7.22. The third-order valence-electron chi connectivity index (χ3n) is 3.49. The monoisotopic (exact) mass is 338 g/mol. The van der Waals surface area contributed by atoms with E-state index in [0.717, 1.165) is 15.6 Å². The van der Waals surface area contributed by atoms with Gasteiger partial charge in [0.15, 0.2) is 5.78 Å². The standard InChI is InChI=1S/C17H11BrN2O/c1-10-7-11(5-6-14(10)18)17(21)13-9-20-15-4-2-3-12(8-19)16(13)15/h2-7,9,20H,1H3. The van der Waals surface area contributed by atoms with Crippen molar-refractivity contribution in [3.63, 3.8) is 0 Å². The van der Waals surface area contributed by atoms with Crippen molar-refractivity contribution in [1.82, 2.24) is 4.98 Å². The van der Waals surface area contributed by atoms with Crippen LogP contribution in [0.3, 0.4) is 0 Å². The molecule has 0 aliphatic rings. The maximum absolute atomic E-state index is 12.7. The number of ketones is 1. The molecule has 0 radical (unpaired) electrons. The van der Waals surface area contributed by atoms with Gasteiger partial charge in [0.1, 0.15) is 0 Å². The summed E-state index contributed by atoms with van der Waals surface area (Å²) < 4.78 is 0.968. The molecule has 3 nitrogen and oxygen atoms in total. The molecule has 0 aliphatic carbocycles. The lowest BCUT2D eigenvalue weighted by molar-refractivity contribution is 0.104. The van der Waals surface area contributed by atoms with Crippen LogP contribution >= 0.6 is 15.9 Å². The number of aromatic amines is 1. The van der Waals surface area contributed by atoms with E-state index in [1.165, 1.54) is 0 Å². The van der Waals surface area contributed by atoms with Gasteiger partial charge < -0.3 is 4.98 Å². The van der Waals surface area contributed by atoms with Crippen molar-refractivity contribution in [1.29, 1.82) is 5.26 Å². The minimum absolute atomic E-state index is 0.0837. The number of H-pyrrole nitrogens is 1. The zero-order valence-electron chi connectivity index (χ0n) is 11.3. The van der Waals surface area contributed by atoms with E-state index in [4.69, 9.17) is 0 Å².